The topological polar surface area (TPSA) is 90.9 Å². The minimum absolute atomic E-state index is 0.0390. The first-order chi connectivity index (χ1) is 8.54. The lowest BCUT2D eigenvalue weighted by atomic mass is 10.2. The molecule has 0 fully saturated rings. The average molecular weight is 267 g/mol. The van der Waals surface area contributed by atoms with Crippen LogP contribution in [-0.2, 0) is 0 Å². The molecule has 0 atom stereocenters. The van der Waals surface area contributed by atoms with E-state index >= 15 is 0 Å². The zero-order valence-corrected chi connectivity index (χ0v) is 9.96. The van der Waals surface area contributed by atoms with Gasteiger partial charge in [-0.2, -0.15) is 0 Å². The van der Waals surface area contributed by atoms with E-state index in [9.17, 15) is 14.9 Å². The maximum atomic E-state index is 10.8. The van der Waals surface area contributed by atoms with Crippen LogP contribution in [0, 0.1) is 17.0 Å². The van der Waals surface area contributed by atoms with Crippen molar-refractivity contribution in [1.82, 2.24) is 15.0 Å². The van der Waals surface area contributed by atoms with Gasteiger partial charge in [-0.3, -0.25) is 14.9 Å². The standard InChI is InChI=1S/C10H7ClN4O3/c1-6-9(5-16)12-13-14(6)7-2-3-8(11)10(4-7)15(17)18/h2-5H,1H3. The molecule has 0 aliphatic rings. The van der Waals surface area contributed by atoms with E-state index in [-0.39, 0.29) is 16.4 Å². The molecule has 0 N–H and O–H groups in total. The van der Waals surface area contributed by atoms with Gasteiger partial charge in [0.2, 0.25) is 0 Å². The summed E-state index contributed by atoms with van der Waals surface area (Å²) >= 11 is 5.71. The number of benzene rings is 1. The summed E-state index contributed by atoms with van der Waals surface area (Å²) in [5, 5.41) is 18.2. The first-order valence-corrected chi connectivity index (χ1v) is 5.24. The van der Waals surface area contributed by atoms with Gasteiger partial charge in [-0.15, -0.1) is 5.10 Å². The molecule has 0 bridgehead atoms. The number of nitrogens with zero attached hydrogens (tertiary/aromatic N) is 4. The van der Waals surface area contributed by atoms with Crippen LogP contribution >= 0.6 is 11.6 Å². The van der Waals surface area contributed by atoms with Crippen molar-refractivity contribution in [1.29, 1.82) is 0 Å². The Morgan fingerprint density at radius 3 is 2.78 bits per heavy atom. The van der Waals surface area contributed by atoms with Crippen LogP contribution in [0.15, 0.2) is 18.2 Å². The maximum absolute atomic E-state index is 10.8. The third kappa shape index (κ3) is 1.95. The normalized spacial score (nSPS) is 10.3. The summed E-state index contributed by atoms with van der Waals surface area (Å²) in [5.74, 6) is 0. The highest BCUT2D eigenvalue weighted by Gasteiger charge is 2.16. The summed E-state index contributed by atoms with van der Waals surface area (Å²) in [6.07, 6.45) is 0.573. The fraction of sp³-hybridized carbons (Fsp3) is 0.100. The highest BCUT2D eigenvalue weighted by atomic mass is 35.5. The zero-order chi connectivity index (χ0) is 13.3. The molecule has 0 unspecified atom stereocenters. The Morgan fingerprint density at radius 1 is 1.50 bits per heavy atom. The number of aromatic nitrogens is 3. The second kappa shape index (κ2) is 4.53. The SMILES string of the molecule is Cc1c(C=O)nnn1-c1ccc(Cl)c([N+](=O)[O-])c1. The Balaban J connectivity index is 2.57. The number of hydrogen-bond donors (Lipinski definition) is 0. The zero-order valence-electron chi connectivity index (χ0n) is 9.20. The van der Waals surface area contributed by atoms with Crippen molar-refractivity contribution in [2.24, 2.45) is 0 Å². The lowest BCUT2D eigenvalue weighted by Gasteiger charge is -2.03. The average Bonchev–Trinajstić information content (AvgIpc) is 2.71. The molecule has 2 rings (SSSR count). The number of rotatable bonds is 3. The van der Waals surface area contributed by atoms with Crippen LogP contribution in [0.25, 0.3) is 5.69 Å². The molecule has 0 aliphatic carbocycles. The molecule has 0 spiro atoms. The molecule has 1 aromatic heterocycles. The third-order valence-electron chi connectivity index (χ3n) is 2.41. The van der Waals surface area contributed by atoms with E-state index in [4.69, 9.17) is 11.6 Å². The minimum Gasteiger partial charge on any atom is -0.296 e. The van der Waals surface area contributed by atoms with Crippen LogP contribution in [0.1, 0.15) is 16.2 Å². The summed E-state index contributed by atoms with van der Waals surface area (Å²) < 4.78 is 1.34. The van der Waals surface area contributed by atoms with Crippen LogP contribution in [-0.4, -0.2) is 26.2 Å². The van der Waals surface area contributed by atoms with Crippen molar-refractivity contribution in [2.45, 2.75) is 6.92 Å². The predicted molar refractivity (Wildman–Crippen MR) is 63.1 cm³/mol. The number of aldehydes is 1. The molecule has 0 amide bonds. The lowest BCUT2D eigenvalue weighted by molar-refractivity contribution is -0.384. The number of carbonyl (C=O) groups excluding carboxylic acids is 1. The largest absolute Gasteiger partial charge is 0.296 e. The molecule has 92 valence electrons. The summed E-state index contributed by atoms with van der Waals surface area (Å²) in [4.78, 5) is 20.8. The lowest BCUT2D eigenvalue weighted by Crippen LogP contribution is -2.01. The van der Waals surface area contributed by atoms with E-state index in [2.05, 4.69) is 10.3 Å². The van der Waals surface area contributed by atoms with Crippen LogP contribution in [0.3, 0.4) is 0 Å². The van der Waals surface area contributed by atoms with Crippen molar-refractivity contribution in [3.63, 3.8) is 0 Å². The highest BCUT2D eigenvalue weighted by molar-refractivity contribution is 6.32. The van der Waals surface area contributed by atoms with Crippen LogP contribution < -0.4 is 0 Å². The van der Waals surface area contributed by atoms with Gasteiger partial charge in [0.25, 0.3) is 5.69 Å². The number of nitro benzene ring substituents is 1. The molecule has 1 heterocycles. The van der Waals surface area contributed by atoms with E-state index in [1.165, 1.54) is 16.8 Å². The minimum atomic E-state index is -0.585. The van der Waals surface area contributed by atoms with Crippen LogP contribution in [0.2, 0.25) is 5.02 Å². The van der Waals surface area contributed by atoms with Gasteiger partial charge < -0.3 is 0 Å². The number of carbonyl (C=O) groups is 1. The van der Waals surface area contributed by atoms with E-state index in [1.807, 2.05) is 0 Å². The Hall–Kier alpha value is -2.28. The van der Waals surface area contributed by atoms with Gasteiger partial charge in [0, 0.05) is 6.07 Å². The molecular weight excluding hydrogens is 260 g/mol. The van der Waals surface area contributed by atoms with E-state index in [1.54, 1.807) is 13.0 Å². The Labute approximate surface area is 106 Å². The summed E-state index contributed by atoms with van der Waals surface area (Å²) in [7, 11) is 0. The van der Waals surface area contributed by atoms with E-state index in [0.717, 1.165) is 0 Å². The van der Waals surface area contributed by atoms with Gasteiger partial charge in [-0.1, -0.05) is 16.8 Å². The van der Waals surface area contributed by atoms with Gasteiger partial charge in [0.05, 0.1) is 16.3 Å². The number of nitro groups is 1. The van der Waals surface area contributed by atoms with Gasteiger partial charge in [0.1, 0.15) is 10.7 Å². The molecule has 7 nitrogen and oxygen atoms in total. The first-order valence-electron chi connectivity index (χ1n) is 4.86. The fourth-order valence-electron chi connectivity index (χ4n) is 1.47. The van der Waals surface area contributed by atoms with E-state index < -0.39 is 4.92 Å². The van der Waals surface area contributed by atoms with Crippen LogP contribution in [0.5, 0.6) is 0 Å². The van der Waals surface area contributed by atoms with Crippen molar-refractivity contribution in [3.8, 4) is 5.69 Å². The highest BCUT2D eigenvalue weighted by Crippen LogP contribution is 2.26. The molecule has 8 heteroatoms. The molecule has 1 aromatic carbocycles. The Kier molecular flexibility index (Phi) is 3.07. The number of halogens is 1. The smallest absolute Gasteiger partial charge is 0.290 e. The van der Waals surface area contributed by atoms with Crippen molar-refractivity contribution >= 4 is 23.6 Å². The predicted octanol–water partition coefficient (Wildman–Crippen LogP) is 1.95. The maximum Gasteiger partial charge on any atom is 0.290 e. The summed E-state index contributed by atoms with van der Waals surface area (Å²) in [5.41, 5.74) is 0.884. The van der Waals surface area contributed by atoms with Gasteiger partial charge in [-0.25, -0.2) is 4.68 Å². The monoisotopic (exact) mass is 266 g/mol. The molecule has 0 aliphatic heterocycles. The van der Waals surface area contributed by atoms with Gasteiger partial charge in [0.15, 0.2) is 6.29 Å². The Bertz CT molecular complexity index is 638. The molecule has 0 radical (unpaired) electrons. The van der Waals surface area contributed by atoms with Gasteiger partial charge in [-0.05, 0) is 19.1 Å². The molecule has 0 saturated heterocycles. The molecule has 18 heavy (non-hydrogen) atoms. The molecular formula is C10H7ClN4O3. The summed E-state index contributed by atoms with van der Waals surface area (Å²) in [6, 6.07) is 4.24. The van der Waals surface area contributed by atoms with Crippen LogP contribution in [0.4, 0.5) is 5.69 Å². The van der Waals surface area contributed by atoms with Crippen molar-refractivity contribution < 1.29 is 9.72 Å². The fourth-order valence-corrected chi connectivity index (χ4v) is 1.65. The van der Waals surface area contributed by atoms with Gasteiger partial charge >= 0.3 is 0 Å². The second-order valence-electron chi connectivity index (χ2n) is 3.48. The summed E-state index contributed by atoms with van der Waals surface area (Å²) in [6.45, 7) is 1.64. The quantitative estimate of drug-likeness (QED) is 0.481. The first kappa shape index (κ1) is 12.2. The Morgan fingerprint density at radius 2 is 2.22 bits per heavy atom. The number of hydrogen-bond acceptors (Lipinski definition) is 5. The second-order valence-corrected chi connectivity index (χ2v) is 3.89. The van der Waals surface area contributed by atoms with Crippen molar-refractivity contribution in [3.05, 3.63) is 44.7 Å². The van der Waals surface area contributed by atoms with Crippen molar-refractivity contribution in [2.75, 3.05) is 0 Å². The molecule has 0 saturated carbocycles. The van der Waals surface area contributed by atoms with E-state index in [0.29, 0.717) is 17.7 Å². The third-order valence-corrected chi connectivity index (χ3v) is 2.73. The molecule has 2 aromatic rings.